The molecule has 4 nitrogen and oxygen atoms in total. The van der Waals surface area contributed by atoms with Gasteiger partial charge in [-0.15, -0.1) is 0 Å². The van der Waals surface area contributed by atoms with Crippen molar-refractivity contribution in [2.24, 2.45) is 0 Å². The molecule has 0 amide bonds. The molecule has 1 aromatic heterocycles. The van der Waals surface area contributed by atoms with E-state index in [2.05, 4.69) is 16.8 Å². The maximum Gasteiger partial charge on any atom is 0.125 e. The zero-order valence-corrected chi connectivity index (χ0v) is 12.0. The van der Waals surface area contributed by atoms with Crippen molar-refractivity contribution in [1.82, 2.24) is 9.88 Å². The summed E-state index contributed by atoms with van der Waals surface area (Å²) < 4.78 is 5.41. The standard InChI is InChI=1S/C16H21N3O/c1-3-19(11-13-6-8-18-9-7-13)12-14-4-5-15(17)10-16(14)20-2/h4-10H,3,11-12,17H2,1-2H3. The Balaban J connectivity index is 2.10. The first-order chi connectivity index (χ1) is 9.72. The van der Waals surface area contributed by atoms with Gasteiger partial charge in [-0.05, 0) is 30.3 Å². The van der Waals surface area contributed by atoms with Gasteiger partial charge in [0.25, 0.3) is 0 Å². The Hall–Kier alpha value is -2.07. The SMILES string of the molecule is CCN(Cc1ccncc1)Cc1ccc(N)cc1OC. The minimum Gasteiger partial charge on any atom is -0.496 e. The Bertz CT molecular complexity index is 543. The van der Waals surface area contributed by atoms with E-state index in [-0.39, 0.29) is 0 Å². The third kappa shape index (κ3) is 3.71. The van der Waals surface area contributed by atoms with E-state index in [0.717, 1.165) is 36.6 Å². The second-order valence-electron chi connectivity index (χ2n) is 4.73. The zero-order chi connectivity index (χ0) is 14.4. The third-order valence-electron chi connectivity index (χ3n) is 3.31. The van der Waals surface area contributed by atoms with Crippen LogP contribution in [0.2, 0.25) is 0 Å². The first-order valence-electron chi connectivity index (χ1n) is 6.76. The van der Waals surface area contributed by atoms with Gasteiger partial charge < -0.3 is 10.5 Å². The van der Waals surface area contributed by atoms with Gasteiger partial charge in [0.2, 0.25) is 0 Å². The molecule has 0 aliphatic rings. The maximum absolute atomic E-state index is 5.79. The van der Waals surface area contributed by atoms with Crippen molar-refractivity contribution in [3.05, 3.63) is 53.9 Å². The molecule has 0 aliphatic heterocycles. The van der Waals surface area contributed by atoms with Crippen molar-refractivity contribution in [2.75, 3.05) is 19.4 Å². The molecule has 0 saturated carbocycles. The van der Waals surface area contributed by atoms with Crippen LogP contribution in [0.25, 0.3) is 0 Å². The fourth-order valence-electron chi connectivity index (χ4n) is 2.16. The molecule has 0 saturated heterocycles. The van der Waals surface area contributed by atoms with Gasteiger partial charge in [-0.3, -0.25) is 9.88 Å². The number of ether oxygens (including phenoxy) is 1. The van der Waals surface area contributed by atoms with Crippen LogP contribution in [-0.2, 0) is 13.1 Å². The number of hydrogen-bond donors (Lipinski definition) is 1. The van der Waals surface area contributed by atoms with Crippen molar-refractivity contribution in [3.8, 4) is 5.75 Å². The lowest BCUT2D eigenvalue weighted by Crippen LogP contribution is -2.22. The van der Waals surface area contributed by atoms with Crippen molar-refractivity contribution >= 4 is 5.69 Å². The van der Waals surface area contributed by atoms with Gasteiger partial charge in [-0.25, -0.2) is 0 Å². The Kier molecular flexibility index (Phi) is 4.96. The highest BCUT2D eigenvalue weighted by Crippen LogP contribution is 2.23. The molecule has 1 heterocycles. The summed E-state index contributed by atoms with van der Waals surface area (Å²) in [5.74, 6) is 0.846. The van der Waals surface area contributed by atoms with Crippen LogP contribution in [0, 0.1) is 0 Å². The van der Waals surface area contributed by atoms with Crippen LogP contribution in [0.1, 0.15) is 18.1 Å². The van der Waals surface area contributed by atoms with E-state index in [4.69, 9.17) is 10.5 Å². The molecule has 0 fully saturated rings. The number of anilines is 1. The van der Waals surface area contributed by atoms with E-state index in [1.165, 1.54) is 5.56 Å². The molecule has 0 aliphatic carbocycles. The summed E-state index contributed by atoms with van der Waals surface area (Å²) in [6, 6.07) is 9.91. The Morgan fingerprint density at radius 3 is 2.55 bits per heavy atom. The van der Waals surface area contributed by atoms with Crippen LogP contribution in [0.3, 0.4) is 0 Å². The van der Waals surface area contributed by atoms with Gasteiger partial charge in [0.1, 0.15) is 5.75 Å². The highest BCUT2D eigenvalue weighted by Gasteiger charge is 2.09. The van der Waals surface area contributed by atoms with Gasteiger partial charge in [0, 0.05) is 42.8 Å². The Morgan fingerprint density at radius 1 is 1.15 bits per heavy atom. The number of benzene rings is 1. The van der Waals surface area contributed by atoms with Gasteiger partial charge in [0.15, 0.2) is 0 Å². The van der Waals surface area contributed by atoms with Crippen LogP contribution in [-0.4, -0.2) is 23.5 Å². The highest BCUT2D eigenvalue weighted by molar-refractivity contribution is 5.48. The Labute approximate surface area is 120 Å². The lowest BCUT2D eigenvalue weighted by Gasteiger charge is -2.22. The van der Waals surface area contributed by atoms with E-state index in [1.807, 2.05) is 42.7 Å². The summed E-state index contributed by atoms with van der Waals surface area (Å²) in [6.45, 7) is 4.86. The highest BCUT2D eigenvalue weighted by atomic mass is 16.5. The smallest absolute Gasteiger partial charge is 0.125 e. The molecule has 4 heteroatoms. The molecule has 0 radical (unpaired) electrons. The number of pyridine rings is 1. The molecule has 0 unspecified atom stereocenters. The van der Waals surface area contributed by atoms with Crippen LogP contribution in [0.4, 0.5) is 5.69 Å². The molecular weight excluding hydrogens is 250 g/mol. The fourth-order valence-corrected chi connectivity index (χ4v) is 2.16. The predicted octanol–water partition coefficient (Wildman–Crippen LogP) is 2.69. The summed E-state index contributed by atoms with van der Waals surface area (Å²) in [5.41, 5.74) is 8.93. The van der Waals surface area contributed by atoms with E-state index >= 15 is 0 Å². The second-order valence-corrected chi connectivity index (χ2v) is 4.73. The number of aromatic nitrogens is 1. The number of hydrogen-bond acceptors (Lipinski definition) is 4. The number of nitrogens with zero attached hydrogens (tertiary/aromatic N) is 2. The molecule has 2 N–H and O–H groups in total. The average molecular weight is 271 g/mol. The first-order valence-corrected chi connectivity index (χ1v) is 6.76. The summed E-state index contributed by atoms with van der Waals surface area (Å²) in [7, 11) is 1.68. The van der Waals surface area contributed by atoms with Gasteiger partial charge in [-0.1, -0.05) is 13.0 Å². The normalized spacial score (nSPS) is 10.8. The number of nitrogen functional groups attached to an aromatic ring is 1. The van der Waals surface area contributed by atoms with Crippen molar-refractivity contribution < 1.29 is 4.74 Å². The number of rotatable bonds is 6. The Morgan fingerprint density at radius 2 is 1.90 bits per heavy atom. The minimum atomic E-state index is 0.725. The van der Waals surface area contributed by atoms with Crippen molar-refractivity contribution in [3.63, 3.8) is 0 Å². The molecule has 2 aromatic rings. The fraction of sp³-hybridized carbons (Fsp3) is 0.312. The second kappa shape index (κ2) is 6.91. The molecule has 0 spiro atoms. The maximum atomic E-state index is 5.79. The third-order valence-corrected chi connectivity index (χ3v) is 3.31. The first kappa shape index (κ1) is 14.3. The monoisotopic (exact) mass is 271 g/mol. The van der Waals surface area contributed by atoms with Crippen LogP contribution < -0.4 is 10.5 Å². The topological polar surface area (TPSA) is 51.4 Å². The van der Waals surface area contributed by atoms with Crippen molar-refractivity contribution in [1.29, 1.82) is 0 Å². The minimum absolute atomic E-state index is 0.725. The molecular formula is C16H21N3O. The molecule has 20 heavy (non-hydrogen) atoms. The lowest BCUT2D eigenvalue weighted by atomic mass is 10.1. The summed E-state index contributed by atoms with van der Waals surface area (Å²) in [6.07, 6.45) is 3.65. The number of methoxy groups -OCH3 is 1. The van der Waals surface area contributed by atoms with Gasteiger partial charge in [0.05, 0.1) is 7.11 Å². The van der Waals surface area contributed by atoms with Gasteiger partial charge >= 0.3 is 0 Å². The number of nitrogens with two attached hydrogens (primary N) is 1. The van der Waals surface area contributed by atoms with Crippen molar-refractivity contribution in [2.45, 2.75) is 20.0 Å². The van der Waals surface area contributed by atoms with E-state index in [1.54, 1.807) is 7.11 Å². The summed E-state index contributed by atoms with van der Waals surface area (Å²) >= 11 is 0. The summed E-state index contributed by atoms with van der Waals surface area (Å²) in [4.78, 5) is 6.40. The van der Waals surface area contributed by atoms with Gasteiger partial charge in [-0.2, -0.15) is 0 Å². The lowest BCUT2D eigenvalue weighted by molar-refractivity contribution is 0.266. The molecule has 1 aromatic carbocycles. The average Bonchev–Trinajstić information content (AvgIpc) is 2.49. The quantitative estimate of drug-likeness (QED) is 0.821. The van der Waals surface area contributed by atoms with Crippen LogP contribution in [0.5, 0.6) is 5.75 Å². The predicted molar refractivity (Wildman–Crippen MR) is 81.4 cm³/mol. The molecule has 0 bridgehead atoms. The summed E-state index contributed by atoms with van der Waals surface area (Å²) in [5, 5.41) is 0. The van der Waals surface area contributed by atoms with E-state index in [0.29, 0.717) is 0 Å². The molecule has 0 atom stereocenters. The van der Waals surface area contributed by atoms with Crippen LogP contribution >= 0.6 is 0 Å². The molecule has 2 rings (SSSR count). The van der Waals surface area contributed by atoms with E-state index in [9.17, 15) is 0 Å². The molecule has 106 valence electrons. The van der Waals surface area contributed by atoms with Crippen LogP contribution in [0.15, 0.2) is 42.7 Å². The van der Waals surface area contributed by atoms with E-state index < -0.39 is 0 Å². The largest absolute Gasteiger partial charge is 0.496 e. The zero-order valence-electron chi connectivity index (χ0n) is 12.0.